The van der Waals surface area contributed by atoms with Gasteiger partial charge in [-0.3, -0.25) is 0 Å². The number of nitrogens with zero attached hydrogens (tertiary/aromatic N) is 1. The van der Waals surface area contributed by atoms with E-state index >= 15 is 0 Å². The van der Waals surface area contributed by atoms with Gasteiger partial charge in [0.05, 0.1) is 17.5 Å². The molecular weight excluding hydrogens is 244 g/mol. The monoisotopic (exact) mass is 266 g/mol. The minimum atomic E-state index is 0.151. The van der Waals surface area contributed by atoms with Crippen LogP contribution in [0.25, 0.3) is 0 Å². The summed E-state index contributed by atoms with van der Waals surface area (Å²) in [7, 11) is 0. The summed E-state index contributed by atoms with van der Waals surface area (Å²) in [5.41, 5.74) is 8.11. The molecule has 1 fully saturated rings. The van der Waals surface area contributed by atoms with Crippen LogP contribution in [0.5, 0.6) is 5.75 Å². The number of ether oxygens (including phenoxy) is 1. The summed E-state index contributed by atoms with van der Waals surface area (Å²) >= 11 is 2.02. The highest BCUT2D eigenvalue weighted by atomic mass is 32.2. The van der Waals surface area contributed by atoms with Gasteiger partial charge in [0.1, 0.15) is 5.75 Å². The highest BCUT2D eigenvalue weighted by Gasteiger charge is 2.20. The third-order valence-electron chi connectivity index (χ3n) is 2.99. The fourth-order valence-electron chi connectivity index (χ4n) is 2.20. The van der Waals surface area contributed by atoms with Gasteiger partial charge >= 0.3 is 0 Å². The average molecular weight is 266 g/mol. The number of thioether (sulfide) groups is 1. The van der Waals surface area contributed by atoms with Gasteiger partial charge in [0.25, 0.3) is 0 Å². The molecule has 18 heavy (non-hydrogen) atoms. The predicted molar refractivity (Wildman–Crippen MR) is 80.8 cm³/mol. The molecular formula is C14H22N2OS. The van der Waals surface area contributed by atoms with Crippen LogP contribution in [0, 0.1) is 0 Å². The summed E-state index contributed by atoms with van der Waals surface area (Å²) in [6, 6.07) is 6.06. The average Bonchev–Trinajstić information content (AvgIpc) is 2.31. The Hall–Kier alpha value is -1.03. The van der Waals surface area contributed by atoms with Crippen LogP contribution in [-0.4, -0.2) is 30.2 Å². The standard InChI is InChI=1S/C14H22N2OS/c1-10(2)17-13-6-4-5-12(14(13)15)16-7-8-18-11(3)9-16/h4-6,10-11H,7-9,15H2,1-3H3. The van der Waals surface area contributed by atoms with Gasteiger partial charge in [0.15, 0.2) is 0 Å². The van der Waals surface area contributed by atoms with Crippen molar-refractivity contribution in [3.8, 4) is 5.75 Å². The van der Waals surface area contributed by atoms with Gasteiger partial charge in [0.2, 0.25) is 0 Å². The summed E-state index contributed by atoms with van der Waals surface area (Å²) in [6.07, 6.45) is 0.151. The maximum atomic E-state index is 6.23. The van der Waals surface area contributed by atoms with Crippen LogP contribution >= 0.6 is 11.8 Å². The highest BCUT2D eigenvalue weighted by molar-refractivity contribution is 8.00. The first-order chi connectivity index (χ1) is 8.58. The third-order valence-corrected chi connectivity index (χ3v) is 4.12. The Kier molecular flexibility index (Phi) is 4.27. The number of anilines is 2. The van der Waals surface area contributed by atoms with Gasteiger partial charge in [-0.1, -0.05) is 13.0 Å². The first-order valence-electron chi connectivity index (χ1n) is 6.49. The first-order valence-corrected chi connectivity index (χ1v) is 7.54. The lowest BCUT2D eigenvalue weighted by Crippen LogP contribution is -2.37. The molecule has 0 bridgehead atoms. The molecule has 1 unspecified atom stereocenters. The Morgan fingerprint density at radius 2 is 2.22 bits per heavy atom. The van der Waals surface area contributed by atoms with Crippen molar-refractivity contribution >= 4 is 23.1 Å². The molecule has 0 amide bonds. The van der Waals surface area contributed by atoms with Crippen LogP contribution in [0.1, 0.15) is 20.8 Å². The Morgan fingerprint density at radius 1 is 1.44 bits per heavy atom. The minimum absolute atomic E-state index is 0.151. The van der Waals surface area contributed by atoms with Crippen LogP contribution in [0.4, 0.5) is 11.4 Å². The normalized spacial score (nSPS) is 20.2. The fraction of sp³-hybridized carbons (Fsp3) is 0.571. The van der Waals surface area contributed by atoms with Gasteiger partial charge in [-0.25, -0.2) is 0 Å². The highest BCUT2D eigenvalue weighted by Crippen LogP contribution is 2.34. The lowest BCUT2D eigenvalue weighted by atomic mass is 10.2. The van der Waals surface area contributed by atoms with E-state index < -0.39 is 0 Å². The minimum Gasteiger partial charge on any atom is -0.489 e. The van der Waals surface area contributed by atoms with Gasteiger partial charge in [-0.15, -0.1) is 0 Å². The van der Waals surface area contributed by atoms with E-state index in [4.69, 9.17) is 10.5 Å². The van der Waals surface area contributed by atoms with Crippen molar-refractivity contribution < 1.29 is 4.74 Å². The second-order valence-electron chi connectivity index (χ2n) is 4.98. The molecule has 3 nitrogen and oxygen atoms in total. The molecule has 2 rings (SSSR count). The Bertz CT molecular complexity index is 409. The van der Waals surface area contributed by atoms with Crippen molar-refractivity contribution in [2.45, 2.75) is 32.1 Å². The number of nitrogens with two attached hydrogens (primary N) is 1. The summed E-state index contributed by atoms with van der Waals surface area (Å²) in [6.45, 7) is 8.42. The molecule has 1 aliphatic heterocycles. The maximum Gasteiger partial charge on any atom is 0.144 e. The van der Waals surface area contributed by atoms with Crippen LogP contribution in [0.2, 0.25) is 0 Å². The number of benzene rings is 1. The molecule has 1 saturated heterocycles. The van der Waals surface area contributed by atoms with E-state index in [9.17, 15) is 0 Å². The second kappa shape index (κ2) is 5.74. The molecule has 1 aromatic carbocycles. The number of para-hydroxylation sites is 1. The Balaban J connectivity index is 2.22. The van der Waals surface area contributed by atoms with Gasteiger partial charge in [-0.05, 0) is 26.0 Å². The van der Waals surface area contributed by atoms with E-state index in [1.54, 1.807) is 0 Å². The summed E-state index contributed by atoms with van der Waals surface area (Å²) in [5, 5.41) is 0.660. The van der Waals surface area contributed by atoms with E-state index in [1.807, 2.05) is 37.7 Å². The summed E-state index contributed by atoms with van der Waals surface area (Å²) in [5.74, 6) is 1.96. The van der Waals surface area contributed by atoms with Crippen molar-refractivity contribution in [3.63, 3.8) is 0 Å². The van der Waals surface area contributed by atoms with Crippen LogP contribution in [0.3, 0.4) is 0 Å². The van der Waals surface area contributed by atoms with Crippen LogP contribution in [0.15, 0.2) is 18.2 Å². The zero-order valence-electron chi connectivity index (χ0n) is 11.3. The van der Waals surface area contributed by atoms with Gasteiger partial charge in [-0.2, -0.15) is 11.8 Å². The Morgan fingerprint density at radius 3 is 2.89 bits per heavy atom. The number of hydrogen-bond donors (Lipinski definition) is 1. The lowest BCUT2D eigenvalue weighted by molar-refractivity contribution is 0.244. The zero-order chi connectivity index (χ0) is 13.1. The van der Waals surface area contributed by atoms with Crippen molar-refractivity contribution in [1.29, 1.82) is 0 Å². The van der Waals surface area contributed by atoms with Crippen LogP contribution in [-0.2, 0) is 0 Å². The molecule has 0 radical (unpaired) electrons. The molecule has 1 aliphatic rings. The third kappa shape index (κ3) is 3.05. The van der Waals surface area contributed by atoms with Crippen molar-refractivity contribution in [2.24, 2.45) is 0 Å². The molecule has 1 aromatic rings. The van der Waals surface area contributed by atoms with E-state index in [-0.39, 0.29) is 6.10 Å². The number of rotatable bonds is 3. The maximum absolute atomic E-state index is 6.23. The molecule has 4 heteroatoms. The van der Waals surface area contributed by atoms with E-state index in [0.717, 1.165) is 36.0 Å². The number of nitrogen functional groups attached to an aromatic ring is 1. The lowest BCUT2D eigenvalue weighted by Gasteiger charge is -2.33. The van der Waals surface area contributed by atoms with E-state index in [0.29, 0.717) is 5.25 Å². The topological polar surface area (TPSA) is 38.5 Å². The Labute approximate surface area is 114 Å². The molecule has 1 atom stereocenters. The van der Waals surface area contributed by atoms with E-state index in [2.05, 4.69) is 17.9 Å². The second-order valence-corrected chi connectivity index (χ2v) is 6.53. The van der Waals surface area contributed by atoms with Crippen molar-refractivity contribution in [3.05, 3.63) is 18.2 Å². The van der Waals surface area contributed by atoms with Crippen molar-refractivity contribution in [1.82, 2.24) is 0 Å². The summed E-state index contributed by atoms with van der Waals surface area (Å²) in [4.78, 5) is 2.36. The first kappa shape index (κ1) is 13.4. The molecule has 1 heterocycles. The SMILES string of the molecule is CC(C)Oc1cccc(N2CCSC(C)C2)c1N. The molecule has 0 aromatic heterocycles. The summed E-state index contributed by atoms with van der Waals surface area (Å²) < 4.78 is 5.75. The van der Waals surface area contributed by atoms with Crippen LogP contribution < -0.4 is 15.4 Å². The van der Waals surface area contributed by atoms with Crippen molar-refractivity contribution in [2.75, 3.05) is 29.5 Å². The van der Waals surface area contributed by atoms with Gasteiger partial charge in [0, 0.05) is 24.1 Å². The quantitative estimate of drug-likeness (QED) is 0.854. The predicted octanol–water partition coefficient (Wildman–Crippen LogP) is 3.00. The molecule has 0 aliphatic carbocycles. The largest absolute Gasteiger partial charge is 0.489 e. The van der Waals surface area contributed by atoms with E-state index in [1.165, 1.54) is 0 Å². The number of hydrogen-bond acceptors (Lipinski definition) is 4. The molecule has 100 valence electrons. The van der Waals surface area contributed by atoms with Gasteiger partial charge < -0.3 is 15.4 Å². The molecule has 0 spiro atoms. The smallest absolute Gasteiger partial charge is 0.144 e. The molecule has 0 saturated carbocycles. The fourth-order valence-corrected chi connectivity index (χ4v) is 3.22. The zero-order valence-corrected chi connectivity index (χ0v) is 12.2. The molecule has 2 N–H and O–H groups in total.